The van der Waals surface area contributed by atoms with Crippen molar-refractivity contribution >= 4 is 58.8 Å². The topological polar surface area (TPSA) is 18.5 Å². The first-order valence-corrected chi connectivity index (χ1v) is 16.1. The molecule has 2 atom stereocenters. The first-order valence-electron chi connectivity index (χ1n) is 5.24. The highest BCUT2D eigenvalue weighted by Crippen LogP contribution is 2.47. The van der Waals surface area contributed by atoms with Gasteiger partial charge in [-0.1, -0.05) is 47.8 Å². The molecule has 0 N–H and O–H groups in total. The van der Waals surface area contributed by atoms with Gasteiger partial charge >= 0.3 is 0 Å². The third kappa shape index (κ3) is 7.96. The standard InChI is InChI=1S/C8H22O2S4Si2/c1-9-7(15(3)4)11-13-14-12-8(10-2)16(5)6/h7-8,15-16H,1-6H3. The summed E-state index contributed by atoms with van der Waals surface area (Å²) in [5.74, 6) is 0. The van der Waals surface area contributed by atoms with Gasteiger partial charge in [-0.3, -0.25) is 0 Å². The maximum Gasteiger partial charge on any atom is 0.0979 e. The Balaban J connectivity index is 3.65. The Bertz CT molecular complexity index is 156. The summed E-state index contributed by atoms with van der Waals surface area (Å²) in [6.07, 6.45) is 0. The zero-order valence-corrected chi connectivity index (χ0v) is 16.3. The molecule has 2 unspecified atom stereocenters. The van der Waals surface area contributed by atoms with Gasteiger partial charge in [-0.25, -0.2) is 0 Å². The van der Waals surface area contributed by atoms with E-state index in [0.29, 0.717) is 10.1 Å². The van der Waals surface area contributed by atoms with Gasteiger partial charge in [0.25, 0.3) is 0 Å². The molecule has 0 aliphatic heterocycles. The van der Waals surface area contributed by atoms with Gasteiger partial charge in [0.05, 0.1) is 27.7 Å². The molecule has 0 heterocycles. The summed E-state index contributed by atoms with van der Waals surface area (Å²) in [6.45, 7) is 9.27. The minimum absolute atomic E-state index is 0.412. The van der Waals surface area contributed by atoms with Crippen molar-refractivity contribution in [3.63, 3.8) is 0 Å². The second kappa shape index (κ2) is 10.7. The SMILES string of the molecule is COC(SSSSC(OC)[SiH](C)C)[SiH](C)C. The molecule has 0 aliphatic carbocycles. The molecule has 0 amide bonds. The maximum absolute atomic E-state index is 5.45. The molecular weight excluding hydrogens is 313 g/mol. The third-order valence-electron chi connectivity index (χ3n) is 1.85. The molecule has 0 spiro atoms. The first-order chi connectivity index (χ1) is 7.52. The monoisotopic (exact) mass is 334 g/mol. The van der Waals surface area contributed by atoms with E-state index in [2.05, 4.69) is 26.2 Å². The van der Waals surface area contributed by atoms with E-state index in [1.54, 1.807) is 0 Å². The van der Waals surface area contributed by atoms with Gasteiger partial charge in [-0.05, 0) is 19.7 Å². The van der Waals surface area contributed by atoms with Crippen LogP contribution in [-0.2, 0) is 9.47 Å². The van der Waals surface area contributed by atoms with E-state index in [9.17, 15) is 0 Å². The van der Waals surface area contributed by atoms with Crippen LogP contribution in [0.3, 0.4) is 0 Å². The van der Waals surface area contributed by atoms with E-state index in [4.69, 9.17) is 9.47 Å². The molecule has 0 aromatic heterocycles. The molecule has 8 heteroatoms. The van der Waals surface area contributed by atoms with Crippen LogP contribution in [0.5, 0.6) is 0 Å². The average molecular weight is 335 g/mol. The van der Waals surface area contributed by atoms with E-state index in [1.807, 2.05) is 55.5 Å². The molecule has 0 rings (SSSR count). The fourth-order valence-corrected chi connectivity index (χ4v) is 15.5. The maximum atomic E-state index is 5.45. The van der Waals surface area contributed by atoms with Crippen LogP contribution in [0.15, 0.2) is 0 Å². The Hall–Kier alpha value is 1.75. The van der Waals surface area contributed by atoms with Crippen molar-refractivity contribution in [1.29, 1.82) is 0 Å². The predicted molar refractivity (Wildman–Crippen MR) is 89.7 cm³/mol. The summed E-state index contributed by atoms with van der Waals surface area (Å²) >= 11 is 0. The van der Waals surface area contributed by atoms with Gasteiger partial charge < -0.3 is 9.47 Å². The molecule has 16 heavy (non-hydrogen) atoms. The Morgan fingerprint density at radius 2 is 1.06 bits per heavy atom. The van der Waals surface area contributed by atoms with Crippen molar-refractivity contribution in [2.45, 2.75) is 36.3 Å². The lowest BCUT2D eigenvalue weighted by molar-refractivity contribution is 0.226. The molecule has 0 bridgehead atoms. The largest absolute Gasteiger partial charge is 0.374 e. The Labute approximate surface area is 118 Å². The van der Waals surface area contributed by atoms with Gasteiger partial charge in [0.1, 0.15) is 0 Å². The van der Waals surface area contributed by atoms with Crippen molar-refractivity contribution in [2.75, 3.05) is 14.2 Å². The fourth-order valence-electron chi connectivity index (χ4n) is 0.955. The van der Waals surface area contributed by atoms with E-state index >= 15 is 0 Å². The quantitative estimate of drug-likeness (QED) is 0.275. The molecule has 0 saturated carbocycles. The fraction of sp³-hybridized carbons (Fsp3) is 1.00. The molecular formula is C8H22O2S4Si2. The second-order valence-corrected chi connectivity index (χ2v) is 17.2. The Kier molecular flexibility index (Phi) is 11.8. The van der Waals surface area contributed by atoms with Gasteiger partial charge in [-0.15, -0.1) is 0 Å². The van der Waals surface area contributed by atoms with Crippen LogP contribution in [0.1, 0.15) is 0 Å². The van der Waals surface area contributed by atoms with Crippen LogP contribution in [0.2, 0.25) is 26.2 Å². The van der Waals surface area contributed by atoms with Crippen LogP contribution >= 0.6 is 41.2 Å². The molecule has 2 nitrogen and oxygen atoms in total. The van der Waals surface area contributed by atoms with Crippen molar-refractivity contribution < 1.29 is 9.47 Å². The molecule has 0 radical (unpaired) electrons. The van der Waals surface area contributed by atoms with Crippen LogP contribution in [0.4, 0.5) is 0 Å². The highest BCUT2D eigenvalue weighted by atomic mass is 33.7. The molecule has 0 aromatic carbocycles. The minimum Gasteiger partial charge on any atom is -0.374 e. The summed E-state index contributed by atoms with van der Waals surface area (Å²) in [4.78, 5) is 0. The molecule has 0 fully saturated rings. The summed E-state index contributed by atoms with van der Waals surface area (Å²) in [6, 6.07) is 0. The lowest BCUT2D eigenvalue weighted by atomic mass is 11.5. The zero-order chi connectivity index (χ0) is 12.6. The molecule has 0 aromatic rings. The zero-order valence-electron chi connectivity index (χ0n) is 10.8. The van der Waals surface area contributed by atoms with Crippen molar-refractivity contribution in [1.82, 2.24) is 0 Å². The Morgan fingerprint density at radius 1 is 0.750 bits per heavy atom. The van der Waals surface area contributed by atoms with E-state index in [1.165, 1.54) is 0 Å². The van der Waals surface area contributed by atoms with Gasteiger partial charge in [0.2, 0.25) is 0 Å². The molecule has 0 aliphatic rings. The summed E-state index contributed by atoms with van der Waals surface area (Å²) < 4.78 is 10.9. The number of rotatable bonds is 9. The smallest absolute Gasteiger partial charge is 0.0979 e. The highest BCUT2D eigenvalue weighted by molar-refractivity contribution is 9.26. The molecule has 0 saturated heterocycles. The van der Waals surface area contributed by atoms with Gasteiger partial charge in [0.15, 0.2) is 0 Å². The normalized spacial score (nSPS) is 15.8. The van der Waals surface area contributed by atoms with Gasteiger partial charge in [-0.2, -0.15) is 0 Å². The van der Waals surface area contributed by atoms with E-state index in [-0.39, 0.29) is 0 Å². The number of hydrogen-bond donors (Lipinski definition) is 0. The van der Waals surface area contributed by atoms with Crippen molar-refractivity contribution in [2.24, 2.45) is 0 Å². The first kappa shape index (κ1) is 17.8. The van der Waals surface area contributed by atoms with Crippen LogP contribution < -0.4 is 0 Å². The summed E-state index contributed by atoms with van der Waals surface area (Å²) in [7, 11) is 9.56. The Morgan fingerprint density at radius 3 is 1.25 bits per heavy atom. The summed E-state index contributed by atoms with van der Waals surface area (Å²) in [5, 5.41) is 0.825. The van der Waals surface area contributed by atoms with Crippen LogP contribution in [-0.4, -0.2) is 41.9 Å². The number of hydrogen-bond acceptors (Lipinski definition) is 6. The highest BCUT2D eigenvalue weighted by Gasteiger charge is 2.17. The third-order valence-corrected chi connectivity index (χ3v) is 16.0. The van der Waals surface area contributed by atoms with E-state index in [0.717, 1.165) is 0 Å². The van der Waals surface area contributed by atoms with Crippen molar-refractivity contribution in [3.8, 4) is 0 Å². The summed E-state index contributed by atoms with van der Waals surface area (Å²) in [5.41, 5.74) is 0. The lowest BCUT2D eigenvalue weighted by Crippen LogP contribution is -2.22. The van der Waals surface area contributed by atoms with Crippen LogP contribution in [0, 0.1) is 0 Å². The van der Waals surface area contributed by atoms with Crippen LogP contribution in [0.25, 0.3) is 0 Å². The second-order valence-electron chi connectivity index (χ2n) is 4.02. The average Bonchev–Trinajstić information content (AvgIpc) is 2.22. The predicted octanol–water partition coefficient (Wildman–Crippen LogP) is 3.66. The lowest BCUT2D eigenvalue weighted by Gasteiger charge is -2.18. The van der Waals surface area contributed by atoms with Gasteiger partial charge in [0, 0.05) is 14.2 Å². The number of ether oxygens (including phenoxy) is 2. The van der Waals surface area contributed by atoms with Crippen molar-refractivity contribution in [3.05, 3.63) is 0 Å². The minimum atomic E-state index is -0.705. The molecule has 98 valence electrons. The van der Waals surface area contributed by atoms with E-state index < -0.39 is 17.6 Å². The number of methoxy groups -OCH3 is 2.